The number of hydrogen-bond donors (Lipinski definition) is 3. The number of rotatable bonds is 4. The Morgan fingerprint density at radius 1 is 1.42 bits per heavy atom. The van der Waals surface area contributed by atoms with E-state index in [1.165, 1.54) is 0 Å². The number of aromatic nitrogens is 2. The predicted octanol–water partition coefficient (Wildman–Crippen LogP) is 0.895. The molecule has 0 aliphatic heterocycles. The SMILES string of the molecule is CC1CCC(CN)(Nc2ccc(C(N)=O)nn2)CC1. The quantitative estimate of drug-likeness (QED) is 0.748. The van der Waals surface area contributed by atoms with E-state index in [0.717, 1.165) is 31.6 Å². The molecule has 1 aliphatic rings. The highest BCUT2D eigenvalue weighted by Crippen LogP contribution is 2.33. The van der Waals surface area contributed by atoms with E-state index >= 15 is 0 Å². The number of nitrogens with zero attached hydrogens (tertiary/aromatic N) is 2. The van der Waals surface area contributed by atoms with E-state index in [4.69, 9.17) is 11.5 Å². The van der Waals surface area contributed by atoms with Crippen molar-refractivity contribution in [2.45, 2.75) is 38.1 Å². The summed E-state index contributed by atoms with van der Waals surface area (Å²) >= 11 is 0. The summed E-state index contributed by atoms with van der Waals surface area (Å²) in [6, 6.07) is 3.30. The van der Waals surface area contributed by atoms with Crippen molar-refractivity contribution in [1.82, 2.24) is 10.2 Å². The van der Waals surface area contributed by atoms with Crippen molar-refractivity contribution in [1.29, 1.82) is 0 Å². The molecule has 19 heavy (non-hydrogen) atoms. The van der Waals surface area contributed by atoms with Gasteiger partial charge in [-0.25, -0.2) is 0 Å². The summed E-state index contributed by atoms with van der Waals surface area (Å²) in [5.41, 5.74) is 11.1. The van der Waals surface area contributed by atoms with E-state index < -0.39 is 5.91 Å². The molecule has 0 radical (unpaired) electrons. The summed E-state index contributed by atoms with van der Waals surface area (Å²) in [7, 11) is 0. The van der Waals surface area contributed by atoms with E-state index in [2.05, 4.69) is 22.4 Å². The number of anilines is 1. The molecule has 1 aromatic heterocycles. The summed E-state index contributed by atoms with van der Waals surface area (Å²) in [4.78, 5) is 10.9. The van der Waals surface area contributed by atoms with Crippen LogP contribution in [0.15, 0.2) is 12.1 Å². The molecule has 1 saturated carbocycles. The van der Waals surface area contributed by atoms with Gasteiger partial charge in [0, 0.05) is 6.54 Å². The number of amides is 1. The minimum absolute atomic E-state index is 0.102. The summed E-state index contributed by atoms with van der Waals surface area (Å²) < 4.78 is 0. The van der Waals surface area contributed by atoms with Crippen molar-refractivity contribution in [3.05, 3.63) is 17.8 Å². The molecule has 6 heteroatoms. The molecule has 0 saturated heterocycles. The zero-order valence-corrected chi connectivity index (χ0v) is 11.2. The first-order valence-electron chi connectivity index (χ1n) is 6.66. The monoisotopic (exact) mass is 263 g/mol. The normalized spacial score (nSPS) is 26.9. The fourth-order valence-corrected chi connectivity index (χ4v) is 2.50. The van der Waals surface area contributed by atoms with Crippen LogP contribution in [0.4, 0.5) is 5.82 Å². The van der Waals surface area contributed by atoms with Crippen LogP contribution in [0.5, 0.6) is 0 Å². The Balaban J connectivity index is 2.08. The Morgan fingerprint density at radius 3 is 2.58 bits per heavy atom. The lowest BCUT2D eigenvalue weighted by Gasteiger charge is -2.39. The molecule has 104 valence electrons. The molecule has 0 unspecified atom stereocenters. The molecule has 6 nitrogen and oxygen atoms in total. The highest BCUT2D eigenvalue weighted by atomic mass is 16.1. The minimum Gasteiger partial charge on any atom is -0.364 e. The lowest BCUT2D eigenvalue weighted by atomic mass is 9.77. The third-order valence-electron chi connectivity index (χ3n) is 3.93. The van der Waals surface area contributed by atoms with Gasteiger partial charge >= 0.3 is 0 Å². The number of nitrogens with two attached hydrogens (primary N) is 2. The predicted molar refractivity (Wildman–Crippen MR) is 73.6 cm³/mol. The zero-order valence-electron chi connectivity index (χ0n) is 11.2. The van der Waals surface area contributed by atoms with Crippen molar-refractivity contribution >= 4 is 11.7 Å². The molecule has 1 aromatic rings. The fraction of sp³-hybridized carbons (Fsp3) is 0.615. The number of carbonyl (C=O) groups excluding carboxylic acids is 1. The molecule has 0 spiro atoms. The zero-order chi connectivity index (χ0) is 13.9. The van der Waals surface area contributed by atoms with Gasteiger partial charge in [0.2, 0.25) is 0 Å². The second-order valence-electron chi connectivity index (χ2n) is 5.46. The molecule has 5 N–H and O–H groups in total. The van der Waals surface area contributed by atoms with Gasteiger partial charge in [0.25, 0.3) is 5.91 Å². The van der Waals surface area contributed by atoms with Crippen LogP contribution < -0.4 is 16.8 Å². The van der Waals surface area contributed by atoms with Crippen LogP contribution in [0, 0.1) is 5.92 Å². The average Bonchev–Trinajstić information content (AvgIpc) is 2.42. The smallest absolute Gasteiger partial charge is 0.269 e. The van der Waals surface area contributed by atoms with Gasteiger partial charge in [-0.2, -0.15) is 0 Å². The molecule has 1 aliphatic carbocycles. The number of primary amides is 1. The highest BCUT2D eigenvalue weighted by molar-refractivity contribution is 5.90. The van der Waals surface area contributed by atoms with Crippen molar-refractivity contribution < 1.29 is 4.79 Å². The third kappa shape index (κ3) is 3.20. The largest absolute Gasteiger partial charge is 0.364 e. The molecular formula is C13H21N5O. The van der Waals surface area contributed by atoms with Gasteiger partial charge in [-0.05, 0) is 43.7 Å². The molecule has 1 amide bonds. The summed E-state index contributed by atoms with van der Waals surface area (Å²) in [5, 5.41) is 11.2. The molecule has 1 fully saturated rings. The first kappa shape index (κ1) is 13.7. The number of carbonyl (C=O) groups is 1. The second-order valence-corrected chi connectivity index (χ2v) is 5.46. The van der Waals surface area contributed by atoms with E-state index in [-0.39, 0.29) is 11.2 Å². The van der Waals surface area contributed by atoms with Crippen LogP contribution in [-0.2, 0) is 0 Å². The van der Waals surface area contributed by atoms with Crippen LogP contribution >= 0.6 is 0 Å². The van der Waals surface area contributed by atoms with Gasteiger partial charge in [-0.3, -0.25) is 4.79 Å². The highest BCUT2D eigenvalue weighted by Gasteiger charge is 2.33. The maximum atomic E-state index is 10.9. The minimum atomic E-state index is -0.570. The van der Waals surface area contributed by atoms with Crippen LogP contribution in [0.1, 0.15) is 43.1 Å². The Bertz CT molecular complexity index is 437. The Labute approximate surface area is 113 Å². The number of nitrogens with one attached hydrogen (secondary N) is 1. The maximum absolute atomic E-state index is 10.9. The molecule has 0 bridgehead atoms. The van der Waals surface area contributed by atoms with Gasteiger partial charge in [0.1, 0.15) is 5.82 Å². The van der Waals surface area contributed by atoms with Crippen molar-refractivity contribution in [2.75, 3.05) is 11.9 Å². The molecule has 2 rings (SSSR count). The second kappa shape index (κ2) is 5.52. The summed E-state index contributed by atoms with van der Waals surface area (Å²) in [6.45, 7) is 2.83. The Morgan fingerprint density at radius 2 is 2.11 bits per heavy atom. The lowest BCUT2D eigenvalue weighted by Crippen LogP contribution is -2.48. The maximum Gasteiger partial charge on any atom is 0.269 e. The first-order chi connectivity index (χ1) is 9.04. The van der Waals surface area contributed by atoms with Gasteiger partial charge in [0.05, 0.1) is 5.54 Å². The molecule has 1 heterocycles. The van der Waals surface area contributed by atoms with Gasteiger partial charge in [-0.15, -0.1) is 10.2 Å². The fourth-order valence-electron chi connectivity index (χ4n) is 2.50. The molecule has 0 aromatic carbocycles. The van der Waals surface area contributed by atoms with Crippen LogP contribution in [0.3, 0.4) is 0 Å². The molecule has 0 atom stereocenters. The standard InChI is InChI=1S/C13H21N5O/c1-9-4-6-13(8-14,7-5-9)16-11-3-2-10(12(15)19)17-18-11/h2-3,9H,4-8,14H2,1H3,(H2,15,19)(H,16,18). The van der Waals surface area contributed by atoms with Crippen molar-refractivity contribution in [2.24, 2.45) is 17.4 Å². The van der Waals surface area contributed by atoms with E-state index in [0.29, 0.717) is 12.4 Å². The Kier molecular flexibility index (Phi) is 3.99. The summed E-state index contributed by atoms with van der Waals surface area (Å²) in [6.07, 6.45) is 4.39. The third-order valence-corrected chi connectivity index (χ3v) is 3.93. The van der Waals surface area contributed by atoms with Crippen LogP contribution in [0.2, 0.25) is 0 Å². The topological polar surface area (TPSA) is 107 Å². The van der Waals surface area contributed by atoms with Crippen LogP contribution in [-0.4, -0.2) is 28.2 Å². The first-order valence-corrected chi connectivity index (χ1v) is 6.66. The summed E-state index contributed by atoms with van der Waals surface area (Å²) in [5.74, 6) is 0.828. The molecular weight excluding hydrogens is 242 g/mol. The van der Waals surface area contributed by atoms with E-state index in [1.807, 2.05) is 0 Å². The van der Waals surface area contributed by atoms with Gasteiger partial charge < -0.3 is 16.8 Å². The van der Waals surface area contributed by atoms with Gasteiger partial charge in [0.15, 0.2) is 5.69 Å². The van der Waals surface area contributed by atoms with E-state index in [9.17, 15) is 4.79 Å². The average molecular weight is 263 g/mol. The van der Waals surface area contributed by atoms with Crippen molar-refractivity contribution in [3.8, 4) is 0 Å². The number of hydrogen-bond acceptors (Lipinski definition) is 5. The van der Waals surface area contributed by atoms with Crippen LogP contribution in [0.25, 0.3) is 0 Å². The van der Waals surface area contributed by atoms with Gasteiger partial charge in [-0.1, -0.05) is 6.92 Å². The Hall–Kier alpha value is -1.69. The van der Waals surface area contributed by atoms with E-state index in [1.54, 1.807) is 12.1 Å². The lowest BCUT2D eigenvalue weighted by molar-refractivity contribution is 0.0994. The van der Waals surface area contributed by atoms with Crippen molar-refractivity contribution in [3.63, 3.8) is 0 Å².